The first-order valence-corrected chi connectivity index (χ1v) is 10.1. The Morgan fingerprint density at radius 1 is 1.17 bits per heavy atom. The van der Waals surface area contributed by atoms with Gasteiger partial charge in [-0.3, -0.25) is 19.4 Å². The molecule has 2 aliphatic rings. The molecule has 3 heterocycles. The SMILES string of the molecule is CC1CCCC(C)N1c1nc2c(c(=O)[nH]1)C(C(=O)Nc1ccc(F)cc1)CC(=O)N2. The Balaban J connectivity index is 1.67. The summed E-state index contributed by atoms with van der Waals surface area (Å²) in [6, 6.07) is 5.68. The van der Waals surface area contributed by atoms with E-state index in [0.29, 0.717) is 11.6 Å². The number of carbonyl (C=O) groups is 2. The van der Waals surface area contributed by atoms with Gasteiger partial charge in [-0.1, -0.05) is 0 Å². The van der Waals surface area contributed by atoms with Gasteiger partial charge in [0.15, 0.2) is 0 Å². The van der Waals surface area contributed by atoms with E-state index in [1.54, 1.807) is 0 Å². The van der Waals surface area contributed by atoms with Crippen molar-refractivity contribution in [1.82, 2.24) is 9.97 Å². The Morgan fingerprint density at radius 3 is 2.50 bits per heavy atom. The lowest BCUT2D eigenvalue weighted by Gasteiger charge is -2.39. The van der Waals surface area contributed by atoms with Crippen LogP contribution in [0.1, 0.15) is 51.0 Å². The highest BCUT2D eigenvalue weighted by Gasteiger charge is 2.36. The third-order valence-corrected chi connectivity index (χ3v) is 5.80. The Labute approximate surface area is 172 Å². The van der Waals surface area contributed by atoms with Crippen LogP contribution in [0.3, 0.4) is 0 Å². The average molecular weight is 413 g/mol. The molecular weight excluding hydrogens is 389 g/mol. The Kier molecular flexibility index (Phi) is 5.27. The molecule has 0 saturated carbocycles. The van der Waals surface area contributed by atoms with Crippen LogP contribution in [0.15, 0.2) is 29.1 Å². The van der Waals surface area contributed by atoms with Gasteiger partial charge in [-0.05, 0) is 57.4 Å². The van der Waals surface area contributed by atoms with E-state index < -0.39 is 23.2 Å². The van der Waals surface area contributed by atoms with Gasteiger partial charge in [-0.2, -0.15) is 4.98 Å². The topological polar surface area (TPSA) is 107 Å². The summed E-state index contributed by atoms with van der Waals surface area (Å²) in [5.74, 6) is -1.79. The molecule has 30 heavy (non-hydrogen) atoms. The van der Waals surface area contributed by atoms with Crippen molar-refractivity contribution in [1.29, 1.82) is 0 Å². The summed E-state index contributed by atoms with van der Waals surface area (Å²) in [6.07, 6.45) is 2.91. The van der Waals surface area contributed by atoms with Gasteiger partial charge >= 0.3 is 0 Å². The molecule has 4 rings (SSSR count). The van der Waals surface area contributed by atoms with Crippen LogP contribution in [-0.4, -0.2) is 33.9 Å². The normalized spacial score (nSPS) is 23.5. The second-order valence-electron chi connectivity index (χ2n) is 7.99. The van der Waals surface area contributed by atoms with E-state index in [4.69, 9.17) is 0 Å². The van der Waals surface area contributed by atoms with E-state index in [1.807, 2.05) is 0 Å². The molecule has 8 nitrogen and oxygen atoms in total. The molecule has 158 valence electrons. The summed E-state index contributed by atoms with van der Waals surface area (Å²) in [5.41, 5.74) is 0.0698. The van der Waals surface area contributed by atoms with Crippen LogP contribution < -0.4 is 21.1 Å². The quantitative estimate of drug-likeness (QED) is 0.717. The molecule has 0 bridgehead atoms. The molecule has 2 amide bonds. The third-order valence-electron chi connectivity index (χ3n) is 5.80. The largest absolute Gasteiger partial charge is 0.337 e. The van der Waals surface area contributed by atoms with Crippen LogP contribution >= 0.6 is 0 Å². The summed E-state index contributed by atoms with van der Waals surface area (Å²) in [7, 11) is 0. The molecule has 1 saturated heterocycles. The number of nitrogens with one attached hydrogen (secondary N) is 3. The van der Waals surface area contributed by atoms with Crippen LogP contribution in [0.4, 0.5) is 21.8 Å². The number of piperidine rings is 1. The Bertz CT molecular complexity index is 1030. The minimum atomic E-state index is -0.986. The summed E-state index contributed by atoms with van der Waals surface area (Å²) >= 11 is 0. The number of nitrogens with zero attached hydrogens (tertiary/aromatic N) is 2. The second kappa shape index (κ2) is 7.89. The number of anilines is 3. The number of amides is 2. The first-order chi connectivity index (χ1) is 14.3. The average Bonchev–Trinajstić information content (AvgIpc) is 2.68. The fourth-order valence-corrected chi connectivity index (χ4v) is 4.31. The number of aromatic amines is 1. The first-order valence-electron chi connectivity index (χ1n) is 10.1. The second-order valence-corrected chi connectivity index (χ2v) is 7.99. The molecule has 9 heteroatoms. The van der Waals surface area contributed by atoms with Gasteiger partial charge in [0, 0.05) is 24.2 Å². The van der Waals surface area contributed by atoms with Crippen LogP contribution in [0, 0.1) is 5.82 Å². The number of halogens is 1. The standard InChI is InChI=1S/C21H24FN5O3/c1-11-4-3-5-12(2)27(11)21-25-18-17(20(30)26-21)15(10-16(28)24-18)19(29)23-14-8-6-13(22)7-9-14/h6-9,11-12,15H,3-5,10H2,1-2H3,(H,23,29)(H2,24,25,26,28,30). The van der Waals surface area contributed by atoms with Crippen molar-refractivity contribution in [2.24, 2.45) is 0 Å². The zero-order chi connectivity index (χ0) is 21.4. The summed E-state index contributed by atoms with van der Waals surface area (Å²) < 4.78 is 13.1. The van der Waals surface area contributed by atoms with Crippen molar-refractivity contribution in [2.45, 2.75) is 57.5 Å². The summed E-state index contributed by atoms with van der Waals surface area (Å²) in [4.78, 5) is 47.4. The van der Waals surface area contributed by atoms with Crippen LogP contribution in [0.25, 0.3) is 0 Å². The van der Waals surface area contributed by atoms with Crippen LogP contribution in [0.2, 0.25) is 0 Å². The van der Waals surface area contributed by atoms with Crippen molar-refractivity contribution in [3.05, 3.63) is 46.0 Å². The predicted octanol–water partition coefficient (Wildman–Crippen LogP) is 2.74. The molecule has 0 aliphatic carbocycles. The van der Waals surface area contributed by atoms with Crippen molar-refractivity contribution < 1.29 is 14.0 Å². The predicted molar refractivity (Wildman–Crippen MR) is 111 cm³/mol. The Hall–Kier alpha value is -3.23. The van der Waals surface area contributed by atoms with Gasteiger partial charge in [0.2, 0.25) is 17.8 Å². The highest BCUT2D eigenvalue weighted by atomic mass is 19.1. The van der Waals surface area contributed by atoms with Crippen molar-refractivity contribution in [3.63, 3.8) is 0 Å². The number of fused-ring (bicyclic) bond motifs is 1. The molecule has 0 spiro atoms. The lowest BCUT2D eigenvalue weighted by Crippen LogP contribution is -2.46. The van der Waals surface area contributed by atoms with E-state index in [2.05, 4.69) is 39.3 Å². The van der Waals surface area contributed by atoms with E-state index in [1.165, 1.54) is 24.3 Å². The highest BCUT2D eigenvalue weighted by molar-refractivity contribution is 6.04. The maximum absolute atomic E-state index is 13.1. The summed E-state index contributed by atoms with van der Waals surface area (Å²) in [6.45, 7) is 4.15. The molecule has 3 atom stereocenters. The lowest BCUT2D eigenvalue weighted by atomic mass is 9.92. The maximum Gasteiger partial charge on any atom is 0.258 e. The minimum Gasteiger partial charge on any atom is -0.337 e. The van der Waals surface area contributed by atoms with Gasteiger partial charge in [-0.15, -0.1) is 0 Å². The zero-order valence-corrected chi connectivity index (χ0v) is 16.9. The molecule has 2 aromatic rings. The number of benzene rings is 1. The lowest BCUT2D eigenvalue weighted by molar-refractivity contribution is -0.123. The summed E-state index contributed by atoms with van der Waals surface area (Å²) in [5, 5.41) is 5.28. The molecule has 1 fully saturated rings. The maximum atomic E-state index is 13.1. The van der Waals surface area contributed by atoms with E-state index in [9.17, 15) is 18.8 Å². The van der Waals surface area contributed by atoms with Crippen molar-refractivity contribution in [2.75, 3.05) is 15.5 Å². The van der Waals surface area contributed by atoms with E-state index >= 15 is 0 Å². The number of carbonyl (C=O) groups excluding carboxylic acids is 2. The third kappa shape index (κ3) is 3.79. The molecule has 1 aromatic heterocycles. The Morgan fingerprint density at radius 2 is 1.83 bits per heavy atom. The molecule has 3 N–H and O–H groups in total. The van der Waals surface area contributed by atoms with E-state index in [0.717, 1.165) is 19.3 Å². The number of rotatable bonds is 3. The number of aromatic nitrogens is 2. The monoisotopic (exact) mass is 413 g/mol. The molecular formula is C21H24FN5O3. The van der Waals surface area contributed by atoms with Gasteiger partial charge in [0.05, 0.1) is 11.5 Å². The van der Waals surface area contributed by atoms with Gasteiger partial charge < -0.3 is 15.5 Å². The van der Waals surface area contributed by atoms with Crippen molar-refractivity contribution in [3.8, 4) is 0 Å². The molecule has 1 aromatic carbocycles. The van der Waals surface area contributed by atoms with Gasteiger partial charge in [0.1, 0.15) is 11.6 Å². The molecule has 2 aliphatic heterocycles. The number of hydrogen-bond acceptors (Lipinski definition) is 5. The number of hydrogen-bond donors (Lipinski definition) is 3. The number of H-pyrrole nitrogens is 1. The van der Waals surface area contributed by atoms with E-state index in [-0.39, 0.29) is 35.8 Å². The fourth-order valence-electron chi connectivity index (χ4n) is 4.31. The minimum absolute atomic E-state index is 0.120. The van der Waals surface area contributed by atoms with Crippen LogP contribution in [0.5, 0.6) is 0 Å². The highest BCUT2D eigenvalue weighted by Crippen LogP contribution is 2.32. The fraction of sp³-hybridized carbons (Fsp3) is 0.429. The van der Waals surface area contributed by atoms with Gasteiger partial charge in [-0.25, -0.2) is 4.39 Å². The zero-order valence-electron chi connectivity index (χ0n) is 16.9. The van der Waals surface area contributed by atoms with Crippen molar-refractivity contribution >= 4 is 29.3 Å². The van der Waals surface area contributed by atoms with Crippen LogP contribution in [-0.2, 0) is 9.59 Å². The smallest absolute Gasteiger partial charge is 0.258 e. The molecule has 0 radical (unpaired) electrons. The van der Waals surface area contributed by atoms with Gasteiger partial charge in [0.25, 0.3) is 5.56 Å². The molecule has 3 unspecified atom stereocenters. The first kappa shape index (κ1) is 20.1.